The average Bonchev–Trinajstić information content (AvgIpc) is 2.73. The number of likely N-dealkylation sites (N-methyl/N-ethyl adjacent to an activating group) is 1. The number of carbonyl (C=O) groups is 1. The van der Waals surface area contributed by atoms with Crippen LogP contribution in [-0.4, -0.2) is 40.7 Å². The van der Waals surface area contributed by atoms with Crippen LogP contribution in [0.15, 0.2) is 42.5 Å². The number of benzene rings is 2. The smallest absolute Gasteiger partial charge is 0.225 e. The van der Waals surface area contributed by atoms with Gasteiger partial charge in [-0.25, -0.2) is 4.39 Å². The van der Waals surface area contributed by atoms with Gasteiger partial charge in [0.1, 0.15) is 5.82 Å². The van der Waals surface area contributed by atoms with Crippen molar-refractivity contribution in [3.8, 4) is 0 Å². The van der Waals surface area contributed by atoms with Crippen molar-refractivity contribution in [1.82, 2.24) is 10.2 Å². The number of amides is 1. The number of aliphatic hydroxyl groups excluding tert-OH is 1. The first-order valence-electron chi connectivity index (χ1n) is 9.98. The molecule has 30 heavy (non-hydrogen) atoms. The molecule has 1 amide bonds. The Morgan fingerprint density at radius 2 is 2.00 bits per heavy atom. The molecule has 0 aromatic heterocycles. The number of carbonyl (C=O) groups excluding carboxylic acids is 1. The van der Waals surface area contributed by atoms with E-state index >= 15 is 0 Å². The second kappa shape index (κ2) is 11.5. The molecule has 0 saturated heterocycles. The van der Waals surface area contributed by atoms with Crippen LogP contribution in [0.25, 0.3) is 0 Å². The largest absolute Gasteiger partial charge is 0.397 e. The molecule has 0 saturated carbocycles. The van der Waals surface area contributed by atoms with Gasteiger partial charge in [-0.05, 0) is 54.9 Å². The van der Waals surface area contributed by atoms with Gasteiger partial charge in [-0.2, -0.15) is 0 Å². The fourth-order valence-electron chi connectivity index (χ4n) is 3.15. The lowest BCUT2D eigenvalue weighted by Gasteiger charge is -2.26. The Labute approximate surface area is 182 Å². The number of nitrogens with zero attached hydrogens (tertiary/aromatic N) is 1. The minimum absolute atomic E-state index is 0.106. The monoisotopic (exact) mass is 432 g/mol. The van der Waals surface area contributed by atoms with E-state index in [4.69, 9.17) is 18.0 Å². The standard InChI is InChI=1S/C22H29FN4O2S/c1-3-15-13-16(9-10-17(15)23)20(14-21(29)27(4-2)11-12-28)26-22(30)25-19-8-6-5-7-18(19)24/h5-10,13,20,28H,3-4,11-12,14,24H2,1-2H3,(H2,25,26,30). The zero-order valence-electron chi connectivity index (χ0n) is 17.3. The number of anilines is 2. The van der Waals surface area contributed by atoms with Crippen LogP contribution in [0.4, 0.5) is 15.8 Å². The Bertz CT molecular complexity index is 878. The van der Waals surface area contributed by atoms with Crippen LogP contribution in [0.3, 0.4) is 0 Å². The number of rotatable bonds is 9. The molecule has 1 unspecified atom stereocenters. The Morgan fingerprint density at radius 3 is 2.63 bits per heavy atom. The Morgan fingerprint density at radius 1 is 1.27 bits per heavy atom. The number of aryl methyl sites for hydroxylation is 1. The number of aliphatic hydroxyl groups is 1. The molecule has 0 radical (unpaired) electrons. The summed E-state index contributed by atoms with van der Waals surface area (Å²) in [6.07, 6.45) is 0.643. The summed E-state index contributed by atoms with van der Waals surface area (Å²) < 4.78 is 14.0. The number of nitrogen functional groups attached to an aromatic ring is 1. The third kappa shape index (κ3) is 6.40. The lowest BCUT2D eigenvalue weighted by atomic mass is 9.99. The molecule has 0 spiro atoms. The lowest BCUT2D eigenvalue weighted by Crippen LogP contribution is -2.39. The number of nitrogens with two attached hydrogens (primary N) is 1. The zero-order chi connectivity index (χ0) is 22.1. The van der Waals surface area contributed by atoms with Gasteiger partial charge in [-0.15, -0.1) is 0 Å². The summed E-state index contributed by atoms with van der Waals surface area (Å²) in [5.74, 6) is -0.409. The molecular formula is C22H29FN4O2S. The molecule has 0 aliphatic heterocycles. The molecule has 0 heterocycles. The highest BCUT2D eigenvalue weighted by atomic mass is 32.1. The Balaban J connectivity index is 2.25. The van der Waals surface area contributed by atoms with Gasteiger partial charge in [0.2, 0.25) is 5.91 Å². The van der Waals surface area contributed by atoms with E-state index in [1.165, 1.54) is 6.07 Å². The van der Waals surface area contributed by atoms with Crippen LogP contribution < -0.4 is 16.4 Å². The summed E-state index contributed by atoms with van der Waals surface area (Å²) in [6, 6.07) is 11.6. The predicted molar refractivity (Wildman–Crippen MR) is 123 cm³/mol. The fraction of sp³-hybridized carbons (Fsp3) is 0.364. The summed E-state index contributed by atoms with van der Waals surface area (Å²) >= 11 is 5.44. The minimum Gasteiger partial charge on any atom is -0.397 e. The number of halogens is 1. The second-order valence-corrected chi connectivity index (χ2v) is 7.25. The number of nitrogens with one attached hydrogen (secondary N) is 2. The molecular weight excluding hydrogens is 403 g/mol. The molecule has 0 bridgehead atoms. The first kappa shape index (κ1) is 23.6. The summed E-state index contributed by atoms with van der Waals surface area (Å²) in [5.41, 5.74) is 8.49. The Kier molecular flexibility index (Phi) is 9.01. The maximum Gasteiger partial charge on any atom is 0.225 e. The molecule has 2 aromatic rings. The topological polar surface area (TPSA) is 90.6 Å². The molecule has 2 rings (SSSR count). The summed E-state index contributed by atoms with van der Waals surface area (Å²) in [5, 5.41) is 15.7. The van der Waals surface area contributed by atoms with Crippen molar-refractivity contribution in [2.45, 2.75) is 32.7 Å². The molecule has 2 aromatic carbocycles. The van der Waals surface area contributed by atoms with Crippen molar-refractivity contribution in [1.29, 1.82) is 0 Å². The molecule has 0 fully saturated rings. The summed E-state index contributed by atoms with van der Waals surface area (Å²) in [6.45, 7) is 4.36. The van der Waals surface area contributed by atoms with Crippen molar-refractivity contribution in [2.24, 2.45) is 0 Å². The van der Waals surface area contributed by atoms with E-state index in [1.807, 2.05) is 26.0 Å². The minimum atomic E-state index is -0.471. The maximum absolute atomic E-state index is 14.0. The number of hydrogen-bond donors (Lipinski definition) is 4. The average molecular weight is 433 g/mol. The zero-order valence-corrected chi connectivity index (χ0v) is 18.1. The van der Waals surface area contributed by atoms with Crippen LogP contribution >= 0.6 is 12.2 Å². The first-order chi connectivity index (χ1) is 14.4. The van der Waals surface area contributed by atoms with Gasteiger partial charge in [0.05, 0.1) is 30.4 Å². The Hall–Kier alpha value is -2.71. The predicted octanol–water partition coefficient (Wildman–Crippen LogP) is 3.23. The van der Waals surface area contributed by atoms with Gasteiger partial charge >= 0.3 is 0 Å². The molecule has 5 N–H and O–H groups in total. The highest BCUT2D eigenvalue weighted by Crippen LogP contribution is 2.23. The van der Waals surface area contributed by atoms with Crippen LogP contribution in [0, 0.1) is 5.82 Å². The number of hydrogen-bond acceptors (Lipinski definition) is 4. The van der Waals surface area contributed by atoms with E-state index in [2.05, 4.69) is 10.6 Å². The van der Waals surface area contributed by atoms with Gasteiger partial charge < -0.3 is 26.4 Å². The first-order valence-corrected chi connectivity index (χ1v) is 10.4. The lowest BCUT2D eigenvalue weighted by molar-refractivity contribution is -0.132. The fourth-order valence-corrected chi connectivity index (χ4v) is 3.40. The van der Waals surface area contributed by atoms with Crippen LogP contribution in [0.5, 0.6) is 0 Å². The highest BCUT2D eigenvalue weighted by Gasteiger charge is 2.21. The van der Waals surface area contributed by atoms with E-state index in [9.17, 15) is 14.3 Å². The van der Waals surface area contributed by atoms with Crippen molar-refractivity contribution < 1.29 is 14.3 Å². The molecule has 0 aliphatic rings. The third-order valence-electron chi connectivity index (χ3n) is 4.85. The van der Waals surface area contributed by atoms with Gasteiger partial charge in [0.25, 0.3) is 0 Å². The summed E-state index contributed by atoms with van der Waals surface area (Å²) in [4.78, 5) is 14.4. The number of thiocarbonyl (C=S) groups is 1. The molecule has 1 atom stereocenters. The van der Waals surface area contributed by atoms with Crippen molar-refractivity contribution in [3.63, 3.8) is 0 Å². The van der Waals surface area contributed by atoms with Crippen molar-refractivity contribution in [3.05, 3.63) is 59.4 Å². The molecule has 6 nitrogen and oxygen atoms in total. The van der Waals surface area contributed by atoms with E-state index in [1.54, 1.807) is 29.2 Å². The van der Waals surface area contributed by atoms with E-state index in [0.717, 1.165) is 5.56 Å². The van der Waals surface area contributed by atoms with Crippen molar-refractivity contribution >= 4 is 34.6 Å². The van der Waals surface area contributed by atoms with E-state index < -0.39 is 6.04 Å². The van der Waals surface area contributed by atoms with Gasteiger partial charge in [-0.3, -0.25) is 4.79 Å². The second-order valence-electron chi connectivity index (χ2n) is 6.84. The van der Waals surface area contributed by atoms with Crippen LogP contribution in [0.1, 0.15) is 37.4 Å². The summed E-state index contributed by atoms with van der Waals surface area (Å²) in [7, 11) is 0. The van der Waals surface area contributed by atoms with Crippen LogP contribution in [-0.2, 0) is 11.2 Å². The van der Waals surface area contributed by atoms with Gasteiger partial charge in [0.15, 0.2) is 5.11 Å². The highest BCUT2D eigenvalue weighted by molar-refractivity contribution is 7.80. The van der Waals surface area contributed by atoms with Gasteiger partial charge in [-0.1, -0.05) is 31.2 Å². The SMILES string of the molecule is CCc1cc(C(CC(=O)N(CC)CCO)NC(=S)Nc2ccccc2N)ccc1F. The molecule has 162 valence electrons. The van der Waals surface area contributed by atoms with E-state index in [-0.39, 0.29) is 31.3 Å². The van der Waals surface area contributed by atoms with E-state index in [0.29, 0.717) is 35.0 Å². The normalized spacial score (nSPS) is 11.6. The quantitative estimate of drug-likeness (QED) is 0.359. The molecule has 8 heteroatoms. The third-order valence-corrected chi connectivity index (χ3v) is 5.07. The van der Waals surface area contributed by atoms with Crippen LogP contribution in [0.2, 0.25) is 0 Å². The van der Waals surface area contributed by atoms with Gasteiger partial charge in [0, 0.05) is 13.1 Å². The van der Waals surface area contributed by atoms with Crippen molar-refractivity contribution in [2.75, 3.05) is 30.7 Å². The maximum atomic E-state index is 14.0. The number of para-hydroxylation sites is 2. The molecule has 0 aliphatic carbocycles.